The molecule has 184 valence electrons. The summed E-state index contributed by atoms with van der Waals surface area (Å²) in [6, 6.07) is 4.96. The second kappa shape index (κ2) is 8.86. The molecule has 35 heavy (non-hydrogen) atoms. The van der Waals surface area contributed by atoms with Crippen molar-refractivity contribution in [2.24, 2.45) is 7.05 Å². The highest BCUT2D eigenvalue weighted by atomic mass is 19.4. The molecule has 13 heteroatoms. The van der Waals surface area contributed by atoms with E-state index in [0.717, 1.165) is 17.0 Å². The van der Waals surface area contributed by atoms with Crippen LogP contribution in [-0.2, 0) is 16.6 Å². The molecule has 0 aliphatic rings. The summed E-state index contributed by atoms with van der Waals surface area (Å²) in [5.41, 5.74) is -0.977. The van der Waals surface area contributed by atoms with Gasteiger partial charge in [0.1, 0.15) is 28.8 Å². The number of nitriles is 1. The monoisotopic (exact) mass is 492 g/mol. The maximum absolute atomic E-state index is 13.9. The Morgan fingerprint density at radius 1 is 1.23 bits per heavy atom. The number of ether oxygens (including phenoxy) is 1. The number of nitrogens with zero attached hydrogens (tertiary/aromatic N) is 5. The van der Waals surface area contributed by atoms with Gasteiger partial charge in [-0.1, -0.05) is 6.07 Å². The first-order valence-corrected chi connectivity index (χ1v) is 10.0. The van der Waals surface area contributed by atoms with Gasteiger partial charge in [0.15, 0.2) is 5.82 Å². The maximum Gasteiger partial charge on any atom is 0.471 e. The number of aromatic nitrogens is 3. The van der Waals surface area contributed by atoms with Gasteiger partial charge in [0.05, 0.1) is 23.0 Å². The lowest BCUT2D eigenvalue weighted by Gasteiger charge is -2.25. The summed E-state index contributed by atoms with van der Waals surface area (Å²) < 4.78 is 60.0. The van der Waals surface area contributed by atoms with E-state index in [1.54, 1.807) is 32.2 Å². The summed E-state index contributed by atoms with van der Waals surface area (Å²) in [4.78, 5) is 33.8. The standard InChI is InChI=1S/C22H20F4N6O3/c1-21(2,3)35-20(34)32(5)18-15-16(31(4)10-28-15)14(11-6-7-13(23)12(8-11)9-27)17(29-18)30-19(33)22(24,25)26/h6-8,10H,1-5H3,(H,29,30,33). The Balaban J connectivity index is 2.34. The third-order valence-electron chi connectivity index (χ3n) is 4.69. The fourth-order valence-corrected chi connectivity index (χ4v) is 3.18. The van der Waals surface area contributed by atoms with Gasteiger partial charge in [-0.05, 0) is 38.5 Å². The quantitative estimate of drug-likeness (QED) is 0.538. The number of nitrogens with one attached hydrogen (secondary N) is 1. The van der Waals surface area contributed by atoms with Crippen LogP contribution in [0.25, 0.3) is 22.2 Å². The van der Waals surface area contributed by atoms with Gasteiger partial charge in [0.25, 0.3) is 0 Å². The summed E-state index contributed by atoms with van der Waals surface area (Å²) in [7, 11) is 2.81. The molecule has 0 spiro atoms. The SMILES string of the molecule is CN(C(=O)OC(C)(C)C)c1nc(NC(=O)C(F)(F)F)c(-c2ccc(F)c(C#N)c2)c2c1ncn2C. The summed E-state index contributed by atoms with van der Waals surface area (Å²) in [5.74, 6) is -3.93. The maximum atomic E-state index is 13.9. The number of fused-ring (bicyclic) bond motifs is 1. The van der Waals surface area contributed by atoms with Gasteiger partial charge in [-0.2, -0.15) is 18.4 Å². The van der Waals surface area contributed by atoms with Crippen molar-refractivity contribution >= 4 is 34.7 Å². The second-order valence-electron chi connectivity index (χ2n) is 8.51. The Kier molecular flexibility index (Phi) is 6.43. The molecule has 0 bridgehead atoms. The second-order valence-corrected chi connectivity index (χ2v) is 8.51. The molecule has 0 aliphatic heterocycles. The number of aryl methyl sites for hydroxylation is 1. The topological polar surface area (TPSA) is 113 Å². The summed E-state index contributed by atoms with van der Waals surface area (Å²) in [6.07, 6.45) is -4.80. The third kappa shape index (κ3) is 5.16. The first-order valence-electron chi connectivity index (χ1n) is 10.0. The van der Waals surface area contributed by atoms with Crippen molar-refractivity contribution in [3.05, 3.63) is 35.9 Å². The van der Waals surface area contributed by atoms with Gasteiger partial charge in [-0.25, -0.2) is 19.2 Å². The highest BCUT2D eigenvalue weighted by Gasteiger charge is 2.40. The number of hydrogen-bond donors (Lipinski definition) is 1. The number of rotatable bonds is 3. The highest BCUT2D eigenvalue weighted by Crippen LogP contribution is 2.39. The van der Waals surface area contributed by atoms with Crippen molar-refractivity contribution in [3.8, 4) is 17.2 Å². The number of alkyl halides is 3. The Morgan fingerprint density at radius 2 is 1.89 bits per heavy atom. The van der Waals surface area contributed by atoms with E-state index in [9.17, 15) is 32.4 Å². The first-order chi connectivity index (χ1) is 16.1. The Bertz CT molecular complexity index is 1370. The number of carbonyl (C=O) groups excluding carboxylic acids is 2. The molecule has 0 saturated carbocycles. The minimum Gasteiger partial charge on any atom is -0.443 e. The highest BCUT2D eigenvalue weighted by molar-refractivity contribution is 6.09. The molecule has 2 heterocycles. The molecule has 0 fully saturated rings. The number of imidazole rings is 1. The zero-order valence-electron chi connectivity index (χ0n) is 19.3. The third-order valence-corrected chi connectivity index (χ3v) is 4.69. The predicted octanol–water partition coefficient (Wildman–Crippen LogP) is 4.52. The molecule has 0 aliphatic carbocycles. The van der Waals surface area contributed by atoms with Crippen LogP contribution in [0.15, 0.2) is 24.5 Å². The van der Waals surface area contributed by atoms with Gasteiger partial charge in [-0.15, -0.1) is 0 Å². The summed E-state index contributed by atoms with van der Waals surface area (Å²) >= 11 is 0. The van der Waals surface area contributed by atoms with Gasteiger partial charge < -0.3 is 14.6 Å². The van der Waals surface area contributed by atoms with E-state index in [1.165, 1.54) is 31.1 Å². The van der Waals surface area contributed by atoms with Crippen LogP contribution in [-0.4, -0.2) is 45.4 Å². The average molecular weight is 492 g/mol. The van der Waals surface area contributed by atoms with Crippen molar-refractivity contribution < 1.29 is 31.9 Å². The van der Waals surface area contributed by atoms with E-state index in [4.69, 9.17) is 4.74 Å². The van der Waals surface area contributed by atoms with Crippen molar-refractivity contribution in [1.29, 1.82) is 5.26 Å². The number of carbonyl (C=O) groups is 2. The van der Waals surface area contributed by atoms with E-state index >= 15 is 0 Å². The lowest BCUT2D eigenvalue weighted by Crippen LogP contribution is -2.35. The number of anilines is 2. The Morgan fingerprint density at radius 3 is 2.46 bits per heavy atom. The molecule has 2 amide bonds. The number of benzene rings is 1. The van der Waals surface area contributed by atoms with Gasteiger partial charge in [0, 0.05) is 14.1 Å². The average Bonchev–Trinajstić information content (AvgIpc) is 3.13. The van der Waals surface area contributed by atoms with E-state index < -0.39 is 35.4 Å². The molecule has 3 rings (SSSR count). The lowest BCUT2D eigenvalue weighted by atomic mass is 10.0. The predicted molar refractivity (Wildman–Crippen MR) is 118 cm³/mol. The normalized spacial score (nSPS) is 11.8. The molecule has 3 aromatic rings. The van der Waals surface area contributed by atoms with Crippen LogP contribution < -0.4 is 10.2 Å². The smallest absolute Gasteiger partial charge is 0.443 e. The Hall–Kier alpha value is -4.21. The van der Waals surface area contributed by atoms with Crippen LogP contribution >= 0.6 is 0 Å². The number of pyridine rings is 1. The first kappa shape index (κ1) is 25.4. The van der Waals surface area contributed by atoms with Gasteiger partial charge in [0.2, 0.25) is 0 Å². The van der Waals surface area contributed by atoms with Crippen LogP contribution in [0.2, 0.25) is 0 Å². The number of amides is 2. The molecule has 0 saturated heterocycles. The van der Waals surface area contributed by atoms with E-state index in [0.29, 0.717) is 0 Å². The Labute approximate surface area is 196 Å². The van der Waals surface area contributed by atoms with Gasteiger partial charge >= 0.3 is 18.2 Å². The lowest BCUT2D eigenvalue weighted by molar-refractivity contribution is -0.167. The largest absolute Gasteiger partial charge is 0.471 e. The molecule has 1 N–H and O–H groups in total. The van der Waals surface area contributed by atoms with Crippen LogP contribution in [0.3, 0.4) is 0 Å². The zero-order chi connectivity index (χ0) is 26.3. The molecule has 0 unspecified atom stereocenters. The van der Waals surface area contributed by atoms with Crippen molar-refractivity contribution in [1.82, 2.24) is 14.5 Å². The zero-order valence-corrected chi connectivity index (χ0v) is 19.3. The van der Waals surface area contributed by atoms with Crippen LogP contribution in [0, 0.1) is 17.1 Å². The number of hydrogen-bond acceptors (Lipinski definition) is 6. The number of halogens is 4. The van der Waals surface area contributed by atoms with Gasteiger partial charge in [-0.3, -0.25) is 9.69 Å². The van der Waals surface area contributed by atoms with Crippen molar-refractivity contribution in [2.75, 3.05) is 17.3 Å². The molecule has 9 nitrogen and oxygen atoms in total. The molecule has 0 radical (unpaired) electrons. The molecule has 0 atom stereocenters. The van der Waals surface area contributed by atoms with E-state index in [1.807, 2.05) is 0 Å². The molecule has 2 aromatic heterocycles. The van der Waals surface area contributed by atoms with E-state index in [2.05, 4.69) is 9.97 Å². The molecular formula is C22H20F4N6O3. The van der Waals surface area contributed by atoms with Crippen LogP contribution in [0.1, 0.15) is 26.3 Å². The van der Waals surface area contributed by atoms with Crippen LogP contribution in [0.4, 0.5) is 34.0 Å². The van der Waals surface area contributed by atoms with Crippen molar-refractivity contribution in [3.63, 3.8) is 0 Å². The minimum absolute atomic E-state index is 0.0598. The molecular weight excluding hydrogens is 472 g/mol. The fraction of sp³-hybridized carbons (Fsp3) is 0.318. The summed E-state index contributed by atoms with van der Waals surface area (Å²) in [6.45, 7) is 4.88. The fourth-order valence-electron chi connectivity index (χ4n) is 3.18. The molecule has 1 aromatic carbocycles. The minimum atomic E-state index is -5.25. The summed E-state index contributed by atoms with van der Waals surface area (Å²) in [5, 5.41) is 10.9. The van der Waals surface area contributed by atoms with Crippen molar-refractivity contribution in [2.45, 2.75) is 32.5 Å². The van der Waals surface area contributed by atoms with E-state index in [-0.39, 0.29) is 33.5 Å². The van der Waals surface area contributed by atoms with Crippen LogP contribution in [0.5, 0.6) is 0 Å².